The second-order valence-electron chi connectivity index (χ2n) is 10.4. The van der Waals surface area contributed by atoms with Crippen LogP contribution in [0.1, 0.15) is 27.2 Å². The second-order valence-corrected chi connectivity index (χ2v) is 10.4. The molecule has 4 aromatic carbocycles. The molecule has 3 heterocycles. The van der Waals surface area contributed by atoms with Gasteiger partial charge in [0.2, 0.25) is 5.82 Å². The summed E-state index contributed by atoms with van der Waals surface area (Å²) in [6, 6.07) is 29.3. The molecule has 0 aliphatic rings. The Bertz CT molecular complexity index is 2330. The standard InChI is InChI=1S/C35H26N4O5/c1-21-27(24-11-4-6-14-29(24)38(21)20-22-9-7-10-23(17-22)35(41)42)19-36-39-33(37-28-13-5-3-12-25(28)34(39)40)32-18-26-30(43-2)15-8-16-31(26)44-32/h3-19H,20H2,1-2H3,(H,41,42). The molecule has 0 unspecified atom stereocenters. The van der Waals surface area contributed by atoms with E-state index < -0.39 is 5.97 Å². The fourth-order valence-electron chi connectivity index (χ4n) is 5.64. The average molecular weight is 583 g/mol. The molecule has 0 amide bonds. The molecule has 9 nitrogen and oxygen atoms in total. The molecule has 3 aromatic heterocycles. The van der Waals surface area contributed by atoms with E-state index in [2.05, 4.69) is 4.57 Å². The van der Waals surface area contributed by atoms with Crippen LogP contribution in [0.25, 0.3) is 44.4 Å². The van der Waals surface area contributed by atoms with Crippen molar-refractivity contribution in [3.63, 3.8) is 0 Å². The first kappa shape index (κ1) is 26.9. The number of carbonyl (C=O) groups is 1. The van der Waals surface area contributed by atoms with Crippen molar-refractivity contribution < 1.29 is 19.1 Å². The van der Waals surface area contributed by atoms with Gasteiger partial charge in [-0.3, -0.25) is 4.79 Å². The largest absolute Gasteiger partial charge is 0.496 e. The number of carboxylic acids is 1. The van der Waals surface area contributed by atoms with Gasteiger partial charge < -0.3 is 18.8 Å². The van der Waals surface area contributed by atoms with E-state index in [1.54, 1.807) is 55.8 Å². The predicted molar refractivity (Wildman–Crippen MR) is 170 cm³/mol. The van der Waals surface area contributed by atoms with Crippen molar-refractivity contribution in [1.29, 1.82) is 0 Å². The lowest BCUT2D eigenvalue weighted by Gasteiger charge is -2.10. The highest BCUT2D eigenvalue weighted by Gasteiger charge is 2.19. The number of methoxy groups -OCH3 is 1. The van der Waals surface area contributed by atoms with Crippen LogP contribution < -0.4 is 10.3 Å². The van der Waals surface area contributed by atoms with Crippen LogP contribution in [-0.4, -0.2) is 38.6 Å². The summed E-state index contributed by atoms with van der Waals surface area (Å²) in [5.41, 5.74) is 4.58. The first-order chi connectivity index (χ1) is 21.4. The van der Waals surface area contributed by atoms with E-state index in [9.17, 15) is 14.7 Å². The lowest BCUT2D eigenvalue weighted by molar-refractivity contribution is 0.0696. The number of rotatable bonds is 7. The number of hydrogen-bond donors (Lipinski definition) is 1. The van der Waals surface area contributed by atoms with Crippen molar-refractivity contribution >= 4 is 45.0 Å². The minimum Gasteiger partial charge on any atom is -0.496 e. The van der Waals surface area contributed by atoms with Crippen molar-refractivity contribution in [2.75, 3.05) is 7.11 Å². The van der Waals surface area contributed by atoms with Gasteiger partial charge in [0.05, 0.1) is 35.2 Å². The number of fused-ring (bicyclic) bond motifs is 3. The fraction of sp³-hybridized carbons (Fsp3) is 0.0857. The van der Waals surface area contributed by atoms with Crippen molar-refractivity contribution in [3.8, 4) is 17.3 Å². The van der Waals surface area contributed by atoms with Crippen LogP contribution in [-0.2, 0) is 6.54 Å². The van der Waals surface area contributed by atoms with Crippen LogP contribution in [0.5, 0.6) is 5.75 Å². The smallest absolute Gasteiger partial charge is 0.335 e. The Labute approximate surface area is 250 Å². The molecule has 0 aliphatic carbocycles. The van der Waals surface area contributed by atoms with Crippen LogP contribution >= 0.6 is 0 Å². The van der Waals surface area contributed by atoms with Gasteiger partial charge in [0, 0.05) is 28.7 Å². The topological polar surface area (TPSA) is 112 Å². The molecule has 0 saturated carbocycles. The molecule has 0 spiro atoms. The first-order valence-corrected chi connectivity index (χ1v) is 14.0. The minimum absolute atomic E-state index is 0.234. The van der Waals surface area contributed by atoms with Gasteiger partial charge in [-0.25, -0.2) is 9.78 Å². The molecule has 0 atom stereocenters. The molecule has 9 heteroatoms. The molecule has 7 rings (SSSR count). The number of aromatic carboxylic acids is 1. The quantitative estimate of drug-likeness (QED) is 0.209. The monoisotopic (exact) mass is 582 g/mol. The van der Waals surface area contributed by atoms with Crippen molar-refractivity contribution in [3.05, 3.63) is 130 Å². The fourth-order valence-corrected chi connectivity index (χ4v) is 5.64. The molecule has 1 N–H and O–H groups in total. The summed E-state index contributed by atoms with van der Waals surface area (Å²) in [5, 5.41) is 16.3. The molecule has 0 bridgehead atoms. The summed E-state index contributed by atoms with van der Waals surface area (Å²) >= 11 is 0. The van der Waals surface area contributed by atoms with E-state index in [1.165, 1.54) is 4.68 Å². The van der Waals surface area contributed by atoms with E-state index in [0.29, 0.717) is 34.5 Å². The Morgan fingerprint density at radius 3 is 2.55 bits per heavy atom. The maximum atomic E-state index is 13.9. The van der Waals surface area contributed by atoms with Gasteiger partial charge in [0.1, 0.15) is 11.3 Å². The number of carboxylic acid groups (broad SMARTS) is 1. The third kappa shape index (κ3) is 4.51. The van der Waals surface area contributed by atoms with Crippen LogP contribution in [0.4, 0.5) is 0 Å². The highest BCUT2D eigenvalue weighted by molar-refractivity contribution is 6.01. The molecule has 0 aliphatic heterocycles. The Balaban J connectivity index is 1.39. The predicted octanol–water partition coefficient (Wildman–Crippen LogP) is 6.71. The zero-order valence-corrected chi connectivity index (χ0v) is 23.9. The third-order valence-corrected chi connectivity index (χ3v) is 7.81. The number of nitrogens with zero attached hydrogens (tertiary/aromatic N) is 4. The number of benzene rings is 4. The Morgan fingerprint density at radius 1 is 0.955 bits per heavy atom. The third-order valence-electron chi connectivity index (χ3n) is 7.81. The first-order valence-electron chi connectivity index (χ1n) is 14.0. The summed E-state index contributed by atoms with van der Waals surface area (Å²) in [6.07, 6.45) is 1.67. The van der Waals surface area contributed by atoms with E-state index in [1.807, 2.05) is 61.5 Å². The molecule has 0 radical (unpaired) electrons. The van der Waals surface area contributed by atoms with E-state index in [-0.39, 0.29) is 16.9 Å². The summed E-state index contributed by atoms with van der Waals surface area (Å²) in [6.45, 7) is 2.45. The Hall–Kier alpha value is -5.96. The SMILES string of the molecule is COc1cccc2oc(-c3nc4ccccc4c(=O)n3N=Cc3c(C)n(Cc4cccc(C(=O)O)c4)c4ccccc34)cc12. The summed E-state index contributed by atoms with van der Waals surface area (Å²) in [5.74, 6) is 0.312. The molecular weight excluding hydrogens is 556 g/mol. The maximum absolute atomic E-state index is 13.9. The second kappa shape index (κ2) is 10.7. The summed E-state index contributed by atoms with van der Waals surface area (Å²) < 4.78 is 15.1. The normalized spacial score (nSPS) is 11.7. The zero-order valence-electron chi connectivity index (χ0n) is 23.9. The van der Waals surface area contributed by atoms with E-state index >= 15 is 0 Å². The molecule has 0 saturated heterocycles. The van der Waals surface area contributed by atoms with Gasteiger partial charge in [-0.05, 0) is 61.0 Å². The van der Waals surface area contributed by atoms with Crippen LogP contribution in [0.15, 0.2) is 111 Å². The number of hydrogen-bond acceptors (Lipinski definition) is 6. The number of ether oxygens (including phenoxy) is 1. The van der Waals surface area contributed by atoms with Crippen LogP contribution in [0, 0.1) is 6.92 Å². The lowest BCUT2D eigenvalue weighted by Crippen LogP contribution is -2.20. The van der Waals surface area contributed by atoms with Crippen molar-refractivity contribution in [2.45, 2.75) is 13.5 Å². The van der Waals surface area contributed by atoms with Gasteiger partial charge in [-0.15, -0.1) is 0 Å². The zero-order chi connectivity index (χ0) is 30.4. The number of aromatic nitrogens is 3. The van der Waals surface area contributed by atoms with Gasteiger partial charge in [-0.2, -0.15) is 9.78 Å². The number of furan rings is 1. The van der Waals surface area contributed by atoms with Gasteiger partial charge in [0.15, 0.2) is 5.76 Å². The van der Waals surface area contributed by atoms with Crippen molar-refractivity contribution in [1.82, 2.24) is 14.2 Å². The van der Waals surface area contributed by atoms with Gasteiger partial charge >= 0.3 is 5.97 Å². The van der Waals surface area contributed by atoms with Crippen molar-refractivity contribution in [2.24, 2.45) is 5.10 Å². The highest BCUT2D eigenvalue weighted by Crippen LogP contribution is 2.33. The Morgan fingerprint density at radius 2 is 1.73 bits per heavy atom. The molecular formula is C35H26N4O5. The molecule has 216 valence electrons. The number of para-hydroxylation sites is 2. The maximum Gasteiger partial charge on any atom is 0.335 e. The van der Waals surface area contributed by atoms with E-state index in [0.717, 1.165) is 33.1 Å². The molecule has 7 aromatic rings. The van der Waals surface area contributed by atoms with Gasteiger partial charge in [0.25, 0.3) is 5.56 Å². The lowest BCUT2D eigenvalue weighted by atomic mass is 10.1. The average Bonchev–Trinajstić information content (AvgIpc) is 3.59. The minimum atomic E-state index is -0.970. The van der Waals surface area contributed by atoms with Crippen LogP contribution in [0.2, 0.25) is 0 Å². The summed E-state index contributed by atoms with van der Waals surface area (Å²) in [7, 11) is 1.59. The molecule has 0 fully saturated rings. The highest BCUT2D eigenvalue weighted by atomic mass is 16.5. The van der Waals surface area contributed by atoms with Gasteiger partial charge in [-0.1, -0.05) is 48.5 Å². The molecule has 44 heavy (non-hydrogen) atoms. The van der Waals surface area contributed by atoms with Crippen LogP contribution in [0.3, 0.4) is 0 Å². The summed E-state index contributed by atoms with van der Waals surface area (Å²) in [4.78, 5) is 30.2. The van der Waals surface area contributed by atoms with E-state index in [4.69, 9.17) is 19.2 Å². The Kier molecular flexibility index (Phi) is 6.55.